The number of hydrogen-bond donors (Lipinski definition) is 4. The Kier molecular flexibility index (Phi) is 4.50. The maximum absolute atomic E-state index is 9.94. The smallest absolute Gasteiger partial charge is 0.157 e. The van der Waals surface area contributed by atoms with Gasteiger partial charge in [0.1, 0.15) is 24.1 Å². The fourth-order valence-corrected chi connectivity index (χ4v) is 2.71. The first-order valence-corrected chi connectivity index (χ1v) is 6.71. The molecule has 0 spiro atoms. The van der Waals surface area contributed by atoms with Crippen LogP contribution in [0.3, 0.4) is 0 Å². The van der Waals surface area contributed by atoms with Crippen molar-refractivity contribution in [2.24, 2.45) is 0 Å². The summed E-state index contributed by atoms with van der Waals surface area (Å²) in [7, 11) is 0. The van der Waals surface area contributed by atoms with Gasteiger partial charge in [-0.2, -0.15) is 0 Å². The molecular formula is C12H19ClO5. The first-order valence-electron chi connectivity index (χ1n) is 6.27. The van der Waals surface area contributed by atoms with Gasteiger partial charge in [0.25, 0.3) is 0 Å². The monoisotopic (exact) mass is 278 g/mol. The van der Waals surface area contributed by atoms with E-state index in [-0.39, 0.29) is 0 Å². The lowest BCUT2D eigenvalue weighted by atomic mass is 9.92. The molecule has 104 valence electrons. The van der Waals surface area contributed by atoms with Crippen LogP contribution in [0.5, 0.6) is 0 Å². The average Bonchev–Trinajstić information content (AvgIpc) is 2.67. The van der Waals surface area contributed by atoms with Crippen LogP contribution in [0.25, 0.3) is 0 Å². The molecule has 1 saturated heterocycles. The highest BCUT2D eigenvalue weighted by Crippen LogP contribution is 2.35. The van der Waals surface area contributed by atoms with Gasteiger partial charge < -0.3 is 25.2 Å². The van der Waals surface area contributed by atoms with E-state index in [0.29, 0.717) is 5.76 Å². The van der Waals surface area contributed by atoms with Gasteiger partial charge >= 0.3 is 0 Å². The zero-order valence-electron chi connectivity index (χ0n) is 10.00. The van der Waals surface area contributed by atoms with Gasteiger partial charge in [-0.3, -0.25) is 0 Å². The van der Waals surface area contributed by atoms with E-state index >= 15 is 0 Å². The van der Waals surface area contributed by atoms with Gasteiger partial charge in [0.2, 0.25) is 0 Å². The number of ether oxygens (including phenoxy) is 1. The summed E-state index contributed by atoms with van der Waals surface area (Å²) in [6, 6.07) is 0. The van der Waals surface area contributed by atoms with Crippen molar-refractivity contribution in [2.75, 3.05) is 0 Å². The predicted molar refractivity (Wildman–Crippen MR) is 64.9 cm³/mol. The molecule has 2 aliphatic rings. The van der Waals surface area contributed by atoms with Crippen LogP contribution in [0.4, 0.5) is 0 Å². The van der Waals surface area contributed by atoms with Crippen molar-refractivity contribution in [1.29, 1.82) is 0 Å². The molecule has 2 fully saturated rings. The minimum atomic E-state index is -1.53. The molecule has 0 aromatic carbocycles. The molecule has 1 unspecified atom stereocenters. The quantitative estimate of drug-likeness (QED) is 0.544. The van der Waals surface area contributed by atoms with Crippen LogP contribution in [0.2, 0.25) is 0 Å². The Bertz CT molecular complexity index is 322. The molecular weight excluding hydrogens is 260 g/mol. The van der Waals surface area contributed by atoms with Crippen LogP contribution in [0.15, 0.2) is 11.3 Å². The Morgan fingerprint density at radius 2 is 1.72 bits per heavy atom. The molecule has 0 aromatic heterocycles. The minimum absolute atomic E-state index is 0.351. The summed E-state index contributed by atoms with van der Waals surface area (Å²) in [4.78, 5) is 0. The number of allylic oxidation sites excluding steroid dienone is 1. The maximum atomic E-state index is 9.94. The number of rotatable bonds is 2. The third kappa shape index (κ3) is 2.65. The van der Waals surface area contributed by atoms with Gasteiger partial charge in [0.05, 0.1) is 0 Å². The van der Waals surface area contributed by atoms with Crippen LogP contribution in [-0.2, 0) is 4.74 Å². The van der Waals surface area contributed by atoms with Crippen molar-refractivity contribution < 1.29 is 25.2 Å². The molecule has 2 rings (SSSR count). The van der Waals surface area contributed by atoms with Crippen LogP contribution in [0, 0.1) is 0 Å². The zero-order chi connectivity index (χ0) is 13.3. The molecule has 5 nitrogen and oxygen atoms in total. The van der Waals surface area contributed by atoms with Gasteiger partial charge in [-0.25, -0.2) is 0 Å². The first-order chi connectivity index (χ1) is 8.52. The summed E-state index contributed by atoms with van der Waals surface area (Å²) >= 11 is 5.37. The fraction of sp³-hybridized carbons (Fsp3) is 0.833. The second-order valence-electron chi connectivity index (χ2n) is 4.91. The van der Waals surface area contributed by atoms with E-state index in [1.807, 2.05) is 0 Å². The lowest BCUT2D eigenvalue weighted by Gasteiger charge is -2.22. The molecule has 0 amide bonds. The van der Waals surface area contributed by atoms with Crippen molar-refractivity contribution in [3.8, 4) is 0 Å². The highest BCUT2D eigenvalue weighted by molar-refractivity contribution is 6.19. The minimum Gasteiger partial charge on any atom is -0.486 e. The van der Waals surface area contributed by atoms with E-state index < -0.39 is 30.0 Å². The van der Waals surface area contributed by atoms with Crippen LogP contribution < -0.4 is 0 Å². The van der Waals surface area contributed by atoms with Gasteiger partial charge in [0.15, 0.2) is 11.7 Å². The third-order valence-corrected chi connectivity index (χ3v) is 3.87. The van der Waals surface area contributed by atoms with Crippen LogP contribution in [0.1, 0.15) is 32.1 Å². The second-order valence-corrected chi connectivity index (χ2v) is 5.36. The maximum Gasteiger partial charge on any atom is 0.157 e. The number of aliphatic hydroxyl groups excluding tert-OH is 4. The van der Waals surface area contributed by atoms with Crippen molar-refractivity contribution in [3.63, 3.8) is 0 Å². The van der Waals surface area contributed by atoms with E-state index in [4.69, 9.17) is 21.4 Å². The van der Waals surface area contributed by atoms with Gasteiger partial charge in [-0.1, -0.05) is 18.0 Å². The summed E-state index contributed by atoms with van der Waals surface area (Å²) in [5.74, 6) is 0.351. The molecule has 1 aliphatic carbocycles. The predicted octanol–water partition coefficient (Wildman–Crippen LogP) is 0.243. The Labute approximate surface area is 111 Å². The largest absolute Gasteiger partial charge is 0.486 e. The second kappa shape index (κ2) is 5.75. The molecule has 5 atom stereocenters. The molecule has 0 radical (unpaired) electrons. The normalized spacial score (nSPS) is 36.4. The number of alkyl halides is 1. The Balaban J connectivity index is 2.16. The SMILES string of the molecule is OC(Cl)[C@@H](O)[C@H]1OC(=C2CCCCC2)[C@H](O)[C@H]1O. The highest BCUT2D eigenvalue weighted by Gasteiger charge is 2.46. The molecule has 6 heteroatoms. The third-order valence-electron chi connectivity index (χ3n) is 3.62. The van der Waals surface area contributed by atoms with Gasteiger partial charge in [-0.15, -0.1) is 0 Å². The first kappa shape index (κ1) is 14.1. The Morgan fingerprint density at radius 1 is 1.11 bits per heavy atom. The number of hydrogen-bond acceptors (Lipinski definition) is 5. The average molecular weight is 279 g/mol. The molecule has 1 saturated carbocycles. The highest BCUT2D eigenvalue weighted by atomic mass is 35.5. The summed E-state index contributed by atoms with van der Waals surface area (Å²) < 4.78 is 5.43. The molecule has 1 heterocycles. The molecule has 4 N–H and O–H groups in total. The lowest BCUT2D eigenvalue weighted by molar-refractivity contribution is -0.0730. The van der Waals surface area contributed by atoms with E-state index in [2.05, 4.69) is 0 Å². The standard InChI is InChI=1S/C12H19ClO5/c13-12(17)9(16)11-8(15)7(14)10(18-11)6-4-2-1-3-5-6/h7-9,11-12,14-17H,1-5H2/t7-,8-,9+,11+,12?/m1/s1. The van der Waals surface area contributed by atoms with Crippen molar-refractivity contribution >= 4 is 11.6 Å². The topological polar surface area (TPSA) is 90.2 Å². The van der Waals surface area contributed by atoms with Gasteiger partial charge in [0, 0.05) is 0 Å². The van der Waals surface area contributed by atoms with E-state index in [1.54, 1.807) is 0 Å². The Hall–Kier alpha value is -0.330. The zero-order valence-corrected chi connectivity index (χ0v) is 10.8. The molecule has 0 aromatic rings. The number of aliphatic hydroxyl groups is 4. The van der Waals surface area contributed by atoms with E-state index in [0.717, 1.165) is 37.7 Å². The van der Waals surface area contributed by atoms with Crippen molar-refractivity contribution in [1.82, 2.24) is 0 Å². The Morgan fingerprint density at radius 3 is 2.28 bits per heavy atom. The summed E-state index contributed by atoms with van der Waals surface area (Å²) in [5, 5.41) is 38.5. The van der Waals surface area contributed by atoms with Crippen LogP contribution in [-0.4, -0.2) is 50.4 Å². The van der Waals surface area contributed by atoms with E-state index in [9.17, 15) is 15.3 Å². The summed E-state index contributed by atoms with van der Waals surface area (Å²) in [6.07, 6.45) is -0.0217. The van der Waals surface area contributed by atoms with Crippen molar-refractivity contribution in [3.05, 3.63) is 11.3 Å². The lowest BCUT2D eigenvalue weighted by Crippen LogP contribution is -2.42. The molecule has 1 aliphatic heterocycles. The van der Waals surface area contributed by atoms with Gasteiger partial charge in [-0.05, 0) is 31.3 Å². The van der Waals surface area contributed by atoms with Crippen molar-refractivity contribution in [2.45, 2.75) is 62.1 Å². The number of halogens is 1. The molecule has 0 bridgehead atoms. The fourth-order valence-electron chi connectivity index (χ4n) is 2.57. The van der Waals surface area contributed by atoms with Crippen LogP contribution >= 0.6 is 11.6 Å². The molecule has 18 heavy (non-hydrogen) atoms. The summed E-state index contributed by atoms with van der Waals surface area (Å²) in [5.41, 5.74) is -0.542. The van der Waals surface area contributed by atoms with E-state index in [1.165, 1.54) is 0 Å². The summed E-state index contributed by atoms with van der Waals surface area (Å²) in [6.45, 7) is 0.